The van der Waals surface area contributed by atoms with Crippen LogP contribution in [0.25, 0.3) is 0 Å². The van der Waals surface area contributed by atoms with Gasteiger partial charge in [0.1, 0.15) is 11.8 Å². The van der Waals surface area contributed by atoms with E-state index in [1.165, 1.54) is 12.1 Å². The van der Waals surface area contributed by atoms with Crippen LogP contribution >= 0.6 is 0 Å². The smallest absolute Gasteiger partial charge is 0.113 e. The summed E-state index contributed by atoms with van der Waals surface area (Å²) in [5.74, 6) is 0. The second kappa shape index (κ2) is 5.53. The van der Waals surface area contributed by atoms with Gasteiger partial charge in [-0.25, -0.2) is 5.11 Å². The maximum absolute atomic E-state index is 12.1. The largest absolute Gasteiger partial charge is 0.846 e. The molecule has 0 amide bonds. The number of rotatable bonds is 4. The van der Waals surface area contributed by atoms with E-state index in [1.807, 2.05) is 0 Å². The minimum Gasteiger partial charge on any atom is -0.846 e. The summed E-state index contributed by atoms with van der Waals surface area (Å²) in [6.45, 7) is 0. The molecule has 91 valence electrons. The molecule has 2 aromatic carbocycles. The van der Waals surface area contributed by atoms with Gasteiger partial charge in [0, 0.05) is 5.56 Å². The van der Waals surface area contributed by atoms with Crippen molar-refractivity contribution in [3.63, 3.8) is 0 Å². The van der Waals surface area contributed by atoms with E-state index in [0.29, 0.717) is 5.56 Å². The molecule has 0 bridgehead atoms. The Balaban J connectivity index is 2.31. The number of nitroso groups, excluding NO2 is 1. The van der Waals surface area contributed by atoms with Crippen molar-refractivity contribution in [3.05, 3.63) is 70.6 Å². The SMILES string of the molecule is [O]C(c1ccccc1N=O)C([O-])c1ccccc1. The van der Waals surface area contributed by atoms with Crippen LogP contribution in [-0.2, 0) is 5.11 Å². The molecular weight excluding hydrogens is 230 g/mol. The summed E-state index contributed by atoms with van der Waals surface area (Å²) in [5, 5.41) is 26.9. The van der Waals surface area contributed by atoms with E-state index < -0.39 is 12.2 Å². The van der Waals surface area contributed by atoms with E-state index in [-0.39, 0.29) is 11.3 Å². The first-order chi connectivity index (χ1) is 8.74. The Morgan fingerprint density at radius 3 is 2.22 bits per heavy atom. The summed E-state index contributed by atoms with van der Waals surface area (Å²) in [4.78, 5) is 10.6. The zero-order chi connectivity index (χ0) is 13.0. The molecule has 0 aliphatic heterocycles. The third-order valence-corrected chi connectivity index (χ3v) is 2.74. The standard InChI is InChI=1S/C14H11NO3/c16-13(10-6-2-1-3-7-10)14(17)11-8-4-5-9-12(11)15-18/h1-9,13-14H/q-1. The van der Waals surface area contributed by atoms with Crippen molar-refractivity contribution in [1.82, 2.24) is 0 Å². The monoisotopic (exact) mass is 241 g/mol. The van der Waals surface area contributed by atoms with Crippen LogP contribution < -0.4 is 5.11 Å². The molecule has 0 N–H and O–H groups in total. The average molecular weight is 241 g/mol. The summed E-state index contributed by atoms with van der Waals surface area (Å²) in [6.07, 6.45) is -2.99. The Labute approximate surface area is 105 Å². The zero-order valence-corrected chi connectivity index (χ0v) is 9.52. The van der Waals surface area contributed by atoms with E-state index in [2.05, 4.69) is 5.18 Å². The summed E-state index contributed by atoms with van der Waals surface area (Å²) in [5.41, 5.74) is 0.601. The lowest BCUT2D eigenvalue weighted by Gasteiger charge is -2.27. The molecular formula is C14H11NO3-. The molecule has 2 rings (SSSR count). The van der Waals surface area contributed by atoms with E-state index in [0.717, 1.165) is 0 Å². The Kier molecular flexibility index (Phi) is 3.82. The maximum atomic E-state index is 12.1. The lowest BCUT2D eigenvalue weighted by atomic mass is 9.97. The van der Waals surface area contributed by atoms with E-state index in [1.54, 1.807) is 42.5 Å². The van der Waals surface area contributed by atoms with Gasteiger partial charge in [0.25, 0.3) is 0 Å². The quantitative estimate of drug-likeness (QED) is 0.772. The molecule has 0 spiro atoms. The fourth-order valence-corrected chi connectivity index (χ4v) is 1.79. The van der Waals surface area contributed by atoms with Gasteiger partial charge in [-0.05, 0) is 11.2 Å². The summed E-state index contributed by atoms with van der Waals surface area (Å²) < 4.78 is 0. The molecule has 0 aliphatic rings. The highest BCUT2D eigenvalue weighted by Crippen LogP contribution is 2.32. The topological polar surface area (TPSA) is 72.4 Å². The molecule has 2 atom stereocenters. The van der Waals surface area contributed by atoms with Crippen molar-refractivity contribution >= 4 is 5.69 Å². The predicted octanol–water partition coefficient (Wildman–Crippen LogP) is 2.66. The van der Waals surface area contributed by atoms with Crippen LogP contribution in [0.5, 0.6) is 0 Å². The lowest BCUT2D eigenvalue weighted by molar-refractivity contribution is -0.450. The summed E-state index contributed by atoms with van der Waals surface area (Å²) >= 11 is 0. The number of nitrogens with zero attached hydrogens (tertiary/aromatic N) is 1. The van der Waals surface area contributed by atoms with Gasteiger partial charge in [-0.1, -0.05) is 60.2 Å². The van der Waals surface area contributed by atoms with Crippen molar-refractivity contribution in [1.29, 1.82) is 0 Å². The Hall–Kier alpha value is -2.04. The van der Waals surface area contributed by atoms with Crippen LogP contribution in [0.15, 0.2) is 59.8 Å². The molecule has 0 saturated carbocycles. The van der Waals surface area contributed by atoms with E-state index in [9.17, 15) is 15.1 Å². The first-order valence-corrected chi connectivity index (χ1v) is 5.53. The van der Waals surface area contributed by atoms with Gasteiger partial charge < -0.3 is 5.11 Å². The van der Waals surface area contributed by atoms with Gasteiger partial charge in [0.05, 0.1) is 0 Å². The van der Waals surface area contributed by atoms with Gasteiger partial charge in [0.15, 0.2) is 0 Å². The fourth-order valence-electron chi connectivity index (χ4n) is 1.79. The minimum atomic E-state index is -1.54. The minimum absolute atomic E-state index is 0.0364. The molecule has 0 fully saturated rings. The average Bonchev–Trinajstić information content (AvgIpc) is 2.46. The third kappa shape index (κ3) is 2.45. The van der Waals surface area contributed by atoms with Gasteiger partial charge in [-0.3, -0.25) is 0 Å². The molecule has 2 aromatic rings. The highest BCUT2D eigenvalue weighted by molar-refractivity contribution is 5.47. The second-order valence-electron chi connectivity index (χ2n) is 3.90. The van der Waals surface area contributed by atoms with Crippen molar-refractivity contribution in [3.8, 4) is 0 Å². The number of hydrogen-bond donors (Lipinski definition) is 0. The molecule has 1 radical (unpaired) electrons. The zero-order valence-electron chi connectivity index (χ0n) is 9.52. The van der Waals surface area contributed by atoms with Crippen LogP contribution in [-0.4, -0.2) is 0 Å². The predicted molar refractivity (Wildman–Crippen MR) is 64.5 cm³/mol. The molecule has 4 nitrogen and oxygen atoms in total. The van der Waals surface area contributed by atoms with Crippen molar-refractivity contribution in [2.75, 3.05) is 0 Å². The number of benzene rings is 2. The Morgan fingerprint density at radius 2 is 1.56 bits per heavy atom. The number of hydrogen-bond acceptors (Lipinski definition) is 3. The van der Waals surface area contributed by atoms with E-state index in [4.69, 9.17) is 0 Å². The fraction of sp³-hybridized carbons (Fsp3) is 0.143. The highest BCUT2D eigenvalue weighted by atomic mass is 16.3. The van der Waals surface area contributed by atoms with E-state index >= 15 is 0 Å². The maximum Gasteiger partial charge on any atom is 0.113 e. The van der Waals surface area contributed by atoms with Gasteiger partial charge in [0.2, 0.25) is 0 Å². The molecule has 0 saturated heterocycles. The highest BCUT2D eigenvalue weighted by Gasteiger charge is 2.18. The normalized spacial score (nSPS) is 13.9. The Bertz CT molecular complexity index is 528. The molecule has 4 heteroatoms. The molecule has 0 aromatic heterocycles. The van der Waals surface area contributed by atoms with Crippen molar-refractivity contribution in [2.24, 2.45) is 5.18 Å². The van der Waals surface area contributed by atoms with Crippen LogP contribution in [0.2, 0.25) is 0 Å². The lowest BCUT2D eigenvalue weighted by Crippen LogP contribution is -2.22. The van der Waals surface area contributed by atoms with Gasteiger partial charge in [-0.2, -0.15) is 0 Å². The molecule has 18 heavy (non-hydrogen) atoms. The summed E-state index contributed by atoms with van der Waals surface area (Å²) in [6, 6.07) is 14.5. The van der Waals surface area contributed by atoms with Crippen LogP contribution in [0.4, 0.5) is 5.69 Å². The molecule has 0 aliphatic carbocycles. The van der Waals surface area contributed by atoms with Crippen LogP contribution in [0, 0.1) is 4.91 Å². The Morgan fingerprint density at radius 1 is 0.944 bits per heavy atom. The summed E-state index contributed by atoms with van der Waals surface area (Å²) in [7, 11) is 0. The van der Waals surface area contributed by atoms with Crippen LogP contribution in [0.3, 0.4) is 0 Å². The second-order valence-corrected chi connectivity index (χ2v) is 3.90. The molecule has 2 unspecified atom stereocenters. The van der Waals surface area contributed by atoms with Crippen LogP contribution in [0.1, 0.15) is 23.3 Å². The van der Waals surface area contributed by atoms with Crippen molar-refractivity contribution in [2.45, 2.75) is 12.2 Å². The first kappa shape index (κ1) is 12.4. The molecule has 0 heterocycles. The van der Waals surface area contributed by atoms with Crippen molar-refractivity contribution < 1.29 is 10.2 Å². The van der Waals surface area contributed by atoms with Gasteiger partial charge in [-0.15, -0.1) is 4.91 Å². The first-order valence-electron chi connectivity index (χ1n) is 5.53. The third-order valence-electron chi connectivity index (χ3n) is 2.74. The van der Waals surface area contributed by atoms with Gasteiger partial charge >= 0.3 is 0 Å².